The van der Waals surface area contributed by atoms with Gasteiger partial charge >= 0.3 is 5.97 Å². The number of nitrogens with one attached hydrogen (secondary N) is 1. The topological polar surface area (TPSA) is 135 Å². The first-order valence-corrected chi connectivity index (χ1v) is 13.9. The number of piperazine rings is 1. The van der Waals surface area contributed by atoms with Crippen LogP contribution < -0.4 is 10.2 Å². The van der Waals surface area contributed by atoms with Gasteiger partial charge in [0.15, 0.2) is 0 Å². The molecule has 0 spiro atoms. The lowest BCUT2D eigenvalue weighted by molar-refractivity contribution is -0.384. The summed E-state index contributed by atoms with van der Waals surface area (Å²) < 4.78 is 10.6. The Kier molecular flexibility index (Phi) is 8.85. The van der Waals surface area contributed by atoms with Crippen molar-refractivity contribution >= 4 is 40.9 Å². The van der Waals surface area contributed by atoms with Crippen LogP contribution in [0.2, 0.25) is 0 Å². The van der Waals surface area contributed by atoms with E-state index in [-0.39, 0.29) is 17.2 Å². The van der Waals surface area contributed by atoms with E-state index in [2.05, 4.69) is 5.32 Å². The van der Waals surface area contributed by atoms with Crippen LogP contribution in [0.25, 0.3) is 17.4 Å². The highest BCUT2D eigenvalue weighted by atomic mass is 16.6. The maximum atomic E-state index is 13.0. The van der Waals surface area contributed by atoms with Gasteiger partial charge in [-0.2, -0.15) is 0 Å². The maximum Gasteiger partial charge on any atom is 0.337 e. The van der Waals surface area contributed by atoms with Gasteiger partial charge in [-0.1, -0.05) is 24.3 Å². The molecule has 1 fully saturated rings. The second-order valence-corrected chi connectivity index (χ2v) is 10.2. The largest absolute Gasteiger partial charge is 0.465 e. The highest BCUT2D eigenvalue weighted by molar-refractivity contribution is 6.05. The van der Waals surface area contributed by atoms with Gasteiger partial charge in [0.2, 0.25) is 5.91 Å². The van der Waals surface area contributed by atoms with Crippen LogP contribution in [0.5, 0.6) is 0 Å². The number of carbonyl (C=O) groups excluding carboxylic acids is 3. The van der Waals surface area contributed by atoms with Gasteiger partial charge < -0.3 is 24.3 Å². The van der Waals surface area contributed by atoms with Gasteiger partial charge in [-0.3, -0.25) is 19.7 Å². The van der Waals surface area contributed by atoms with Crippen LogP contribution in [-0.2, 0) is 9.53 Å². The summed E-state index contributed by atoms with van der Waals surface area (Å²) in [6.07, 6.45) is 2.73. The predicted molar refractivity (Wildman–Crippen MR) is 166 cm³/mol. The van der Waals surface area contributed by atoms with E-state index in [1.165, 1.54) is 25.3 Å². The third kappa shape index (κ3) is 6.67. The molecule has 1 aliphatic heterocycles. The summed E-state index contributed by atoms with van der Waals surface area (Å²) in [5.41, 5.74) is 3.00. The summed E-state index contributed by atoms with van der Waals surface area (Å²) in [6.45, 7) is 3.79. The fourth-order valence-corrected chi connectivity index (χ4v) is 4.99. The zero-order valence-corrected chi connectivity index (χ0v) is 24.2. The van der Waals surface area contributed by atoms with Gasteiger partial charge in [0.25, 0.3) is 11.6 Å². The molecule has 11 heteroatoms. The smallest absolute Gasteiger partial charge is 0.337 e. The third-order valence-electron chi connectivity index (χ3n) is 7.24. The molecule has 0 radical (unpaired) electrons. The Labute approximate surface area is 253 Å². The van der Waals surface area contributed by atoms with Crippen molar-refractivity contribution in [3.8, 4) is 11.3 Å². The molecule has 11 nitrogen and oxygen atoms in total. The van der Waals surface area contributed by atoms with Gasteiger partial charge in [0, 0.05) is 43.9 Å². The van der Waals surface area contributed by atoms with E-state index >= 15 is 0 Å². The molecule has 3 aromatic carbocycles. The average molecular weight is 595 g/mol. The Morgan fingerprint density at radius 1 is 0.932 bits per heavy atom. The number of ether oxygens (including phenoxy) is 1. The summed E-state index contributed by atoms with van der Waals surface area (Å²) in [5, 5.41) is 14.4. The molecule has 4 aromatic rings. The number of esters is 1. The highest BCUT2D eigenvalue weighted by Crippen LogP contribution is 2.33. The first kappa shape index (κ1) is 29.8. The fraction of sp³-hybridized carbons (Fsp3) is 0.182. The van der Waals surface area contributed by atoms with Gasteiger partial charge in [-0.05, 0) is 67.1 Å². The molecule has 2 amide bonds. The number of hydrogen-bond acceptors (Lipinski definition) is 8. The number of amides is 2. The molecule has 0 atom stereocenters. The van der Waals surface area contributed by atoms with E-state index in [1.54, 1.807) is 66.4 Å². The minimum absolute atomic E-state index is 0.0389. The number of nitro benzene ring substituents is 1. The van der Waals surface area contributed by atoms with Crippen LogP contribution in [0.1, 0.15) is 32.0 Å². The molecule has 44 heavy (non-hydrogen) atoms. The minimum Gasteiger partial charge on any atom is -0.465 e. The average Bonchev–Trinajstić information content (AvgIpc) is 3.52. The molecule has 0 unspecified atom stereocenters. The second-order valence-electron chi connectivity index (χ2n) is 10.2. The number of nitro groups is 1. The summed E-state index contributed by atoms with van der Waals surface area (Å²) >= 11 is 0. The van der Waals surface area contributed by atoms with Gasteiger partial charge in [0.1, 0.15) is 11.5 Å². The number of nitrogens with zero attached hydrogens (tertiary/aromatic N) is 3. The Bertz CT molecular complexity index is 1740. The van der Waals surface area contributed by atoms with Crippen LogP contribution in [0.4, 0.5) is 17.1 Å². The molecule has 1 saturated heterocycles. The molecular formula is C33H30N4O7. The first-order chi connectivity index (χ1) is 21.2. The standard InChI is InChI=1S/C33H30N4O7/c1-22-8-12-26(29(20-22)37(41)42)30-14-10-25(44-30)11-15-31(38)34-27-21-24(33(40)43-2)9-13-28(27)35-16-18-36(19-17-35)32(39)23-6-4-3-5-7-23/h3-15,20-21H,16-19H2,1-2H3,(H,34,38)/b15-11-. The highest BCUT2D eigenvalue weighted by Gasteiger charge is 2.25. The monoisotopic (exact) mass is 594 g/mol. The van der Waals surface area contributed by atoms with Gasteiger partial charge in [-0.25, -0.2) is 4.79 Å². The zero-order chi connectivity index (χ0) is 31.2. The molecule has 1 aromatic heterocycles. The lowest BCUT2D eigenvalue weighted by Crippen LogP contribution is -2.49. The van der Waals surface area contributed by atoms with Crippen molar-refractivity contribution in [2.75, 3.05) is 43.5 Å². The van der Waals surface area contributed by atoms with E-state index in [4.69, 9.17) is 9.15 Å². The number of rotatable bonds is 8. The number of furan rings is 1. The second kappa shape index (κ2) is 13.1. The van der Waals surface area contributed by atoms with Crippen molar-refractivity contribution in [1.29, 1.82) is 0 Å². The maximum absolute atomic E-state index is 13.0. The molecule has 0 aliphatic carbocycles. The zero-order valence-electron chi connectivity index (χ0n) is 24.2. The van der Waals surface area contributed by atoms with Crippen molar-refractivity contribution in [1.82, 2.24) is 4.90 Å². The normalized spacial score (nSPS) is 13.1. The summed E-state index contributed by atoms with van der Waals surface area (Å²) in [4.78, 5) is 53.0. The molecule has 5 rings (SSSR count). The minimum atomic E-state index is -0.547. The summed E-state index contributed by atoms with van der Waals surface area (Å²) in [6, 6.07) is 22.1. The van der Waals surface area contributed by atoms with Crippen molar-refractivity contribution in [3.05, 3.63) is 118 Å². The quantitative estimate of drug-likeness (QED) is 0.121. The van der Waals surface area contributed by atoms with Crippen molar-refractivity contribution in [2.24, 2.45) is 0 Å². The molecule has 0 bridgehead atoms. The van der Waals surface area contributed by atoms with Crippen LogP contribution in [0.15, 0.2) is 89.4 Å². The predicted octanol–water partition coefficient (Wildman–Crippen LogP) is 5.56. The van der Waals surface area contributed by atoms with Gasteiger partial charge in [0.05, 0.1) is 34.5 Å². The number of carbonyl (C=O) groups is 3. The van der Waals surface area contributed by atoms with Crippen LogP contribution in [-0.4, -0.2) is 60.9 Å². The molecule has 1 N–H and O–H groups in total. The Hall–Kier alpha value is -5.71. The molecule has 224 valence electrons. The van der Waals surface area contributed by atoms with E-state index < -0.39 is 16.8 Å². The molecular weight excluding hydrogens is 564 g/mol. The molecule has 2 heterocycles. The molecule has 1 aliphatic rings. The third-order valence-corrected chi connectivity index (χ3v) is 7.24. The Morgan fingerprint density at radius 3 is 2.39 bits per heavy atom. The summed E-state index contributed by atoms with van der Waals surface area (Å²) in [5.74, 6) is -0.440. The molecule has 0 saturated carbocycles. The van der Waals surface area contributed by atoms with Gasteiger partial charge in [-0.15, -0.1) is 0 Å². The van der Waals surface area contributed by atoms with Crippen LogP contribution in [0, 0.1) is 17.0 Å². The van der Waals surface area contributed by atoms with E-state index in [0.717, 1.165) is 5.56 Å². The number of anilines is 2. The van der Waals surface area contributed by atoms with E-state index in [1.807, 2.05) is 23.1 Å². The van der Waals surface area contributed by atoms with E-state index in [0.29, 0.717) is 60.2 Å². The number of benzene rings is 3. The number of hydrogen-bond donors (Lipinski definition) is 1. The van der Waals surface area contributed by atoms with Crippen molar-refractivity contribution < 1.29 is 28.5 Å². The lowest BCUT2D eigenvalue weighted by Gasteiger charge is -2.37. The van der Waals surface area contributed by atoms with E-state index in [9.17, 15) is 24.5 Å². The Balaban J connectivity index is 1.31. The fourth-order valence-electron chi connectivity index (χ4n) is 4.99. The van der Waals surface area contributed by atoms with Crippen LogP contribution >= 0.6 is 0 Å². The lowest BCUT2D eigenvalue weighted by atomic mass is 10.1. The number of methoxy groups -OCH3 is 1. The number of aryl methyl sites for hydroxylation is 1. The summed E-state index contributed by atoms with van der Waals surface area (Å²) in [7, 11) is 1.28. The Morgan fingerprint density at radius 2 is 1.68 bits per heavy atom. The SMILES string of the molecule is COC(=O)c1ccc(N2CCN(C(=O)c3ccccc3)CC2)c(NC(=O)/C=C\c2ccc(-c3ccc(C)cc3[N+](=O)[O-])o2)c1. The first-order valence-electron chi connectivity index (χ1n) is 13.9. The van der Waals surface area contributed by atoms with Crippen LogP contribution in [0.3, 0.4) is 0 Å². The van der Waals surface area contributed by atoms with Crippen molar-refractivity contribution in [2.45, 2.75) is 6.92 Å². The van der Waals surface area contributed by atoms with Crippen molar-refractivity contribution in [3.63, 3.8) is 0 Å².